The summed E-state index contributed by atoms with van der Waals surface area (Å²) < 4.78 is 15.0. The van der Waals surface area contributed by atoms with Crippen LogP contribution < -0.4 is 15.1 Å². The van der Waals surface area contributed by atoms with Crippen LogP contribution in [0.15, 0.2) is 53.1 Å². The standard InChI is InChI=1S/C19H16BrN3O3/c1-22-15(12-5-6-17-18(8-12)26-11-25-17)9-23(19(22)21)10-16(24)13-3-2-4-14(20)7-13/h2-9,21H,10-11H2,1H3. The number of hydrogen-bond donors (Lipinski definition) is 1. The highest BCUT2D eigenvalue weighted by Crippen LogP contribution is 2.35. The molecular formula is C19H16BrN3O3. The van der Waals surface area contributed by atoms with E-state index in [1.165, 1.54) is 0 Å². The van der Waals surface area contributed by atoms with E-state index in [1.54, 1.807) is 21.3 Å². The molecule has 0 saturated heterocycles. The van der Waals surface area contributed by atoms with Crippen LogP contribution in [0.1, 0.15) is 10.4 Å². The third-order valence-corrected chi connectivity index (χ3v) is 4.85. The number of ketones is 1. The first-order valence-electron chi connectivity index (χ1n) is 8.02. The van der Waals surface area contributed by atoms with Crippen molar-refractivity contribution < 1.29 is 14.3 Å². The number of nitrogens with zero attached hydrogens (tertiary/aromatic N) is 2. The molecule has 0 saturated carbocycles. The summed E-state index contributed by atoms with van der Waals surface area (Å²) in [4.78, 5) is 12.6. The van der Waals surface area contributed by atoms with Crippen molar-refractivity contribution >= 4 is 21.7 Å². The fraction of sp³-hybridized carbons (Fsp3) is 0.158. The minimum absolute atomic E-state index is 0.0485. The molecule has 0 radical (unpaired) electrons. The lowest BCUT2D eigenvalue weighted by atomic mass is 10.1. The molecule has 2 heterocycles. The summed E-state index contributed by atoms with van der Waals surface area (Å²) in [5, 5.41) is 8.33. The van der Waals surface area contributed by atoms with E-state index in [4.69, 9.17) is 14.9 Å². The van der Waals surface area contributed by atoms with Crippen LogP contribution in [0.2, 0.25) is 0 Å². The minimum atomic E-state index is -0.0485. The van der Waals surface area contributed by atoms with Crippen molar-refractivity contribution in [3.05, 3.63) is 64.3 Å². The van der Waals surface area contributed by atoms with Gasteiger partial charge in [0.05, 0.1) is 12.2 Å². The molecule has 26 heavy (non-hydrogen) atoms. The van der Waals surface area contributed by atoms with Crippen LogP contribution in [0, 0.1) is 5.41 Å². The van der Waals surface area contributed by atoms with Crippen molar-refractivity contribution in [2.45, 2.75) is 6.54 Å². The molecule has 7 heteroatoms. The summed E-state index contributed by atoms with van der Waals surface area (Å²) in [6.45, 7) is 0.324. The Morgan fingerprint density at radius 2 is 2.00 bits per heavy atom. The van der Waals surface area contributed by atoms with Gasteiger partial charge in [-0.1, -0.05) is 28.1 Å². The first-order valence-corrected chi connectivity index (χ1v) is 8.82. The molecule has 0 bridgehead atoms. The highest BCUT2D eigenvalue weighted by Gasteiger charge is 2.17. The SMILES string of the molecule is Cn1c(-c2ccc3c(c2)OCO3)cn(CC(=O)c2cccc(Br)c2)c1=N. The molecule has 1 aromatic heterocycles. The molecule has 1 aliphatic rings. The van der Waals surface area contributed by atoms with Gasteiger partial charge < -0.3 is 18.6 Å². The van der Waals surface area contributed by atoms with Crippen LogP contribution in [0.4, 0.5) is 0 Å². The zero-order chi connectivity index (χ0) is 18.3. The Morgan fingerprint density at radius 3 is 2.81 bits per heavy atom. The fourth-order valence-electron chi connectivity index (χ4n) is 2.95. The second-order valence-electron chi connectivity index (χ2n) is 6.03. The molecular weight excluding hydrogens is 398 g/mol. The van der Waals surface area contributed by atoms with E-state index in [0.717, 1.165) is 15.7 Å². The molecule has 6 nitrogen and oxygen atoms in total. The Morgan fingerprint density at radius 1 is 1.19 bits per heavy atom. The third-order valence-electron chi connectivity index (χ3n) is 4.36. The average molecular weight is 414 g/mol. The number of ether oxygens (including phenoxy) is 2. The van der Waals surface area contributed by atoms with Crippen molar-refractivity contribution in [3.8, 4) is 22.8 Å². The van der Waals surface area contributed by atoms with Gasteiger partial charge in [0.25, 0.3) is 0 Å². The zero-order valence-corrected chi connectivity index (χ0v) is 15.6. The maximum atomic E-state index is 12.6. The summed E-state index contributed by atoms with van der Waals surface area (Å²) in [5.41, 5.74) is 2.59. The number of halogens is 1. The average Bonchev–Trinajstić information content (AvgIpc) is 3.21. The number of nitrogens with one attached hydrogen (secondary N) is 1. The molecule has 132 valence electrons. The largest absolute Gasteiger partial charge is 0.454 e. The van der Waals surface area contributed by atoms with Crippen molar-refractivity contribution in [2.24, 2.45) is 7.05 Å². The van der Waals surface area contributed by atoms with Crippen LogP contribution in [0.5, 0.6) is 11.5 Å². The first kappa shape index (κ1) is 16.7. The summed E-state index contributed by atoms with van der Waals surface area (Å²) in [6.07, 6.45) is 1.82. The van der Waals surface area contributed by atoms with E-state index < -0.39 is 0 Å². The molecule has 3 aromatic rings. The Hall–Kier alpha value is -2.80. The van der Waals surface area contributed by atoms with Crippen molar-refractivity contribution in [3.63, 3.8) is 0 Å². The van der Waals surface area contributed by atoms with Gasteiger partial charge in [0.15, 0.2) is 17.3 Å². The van der Waals surface area contributed by atoms with Crippen molar-refractivity contribution in [1.82, 2.24) is 9.13 Å². The van der Waals surface area contributed by atoms with E-state index in [2.05, 4.69) is 15.9 Å². The monoisotopic (exact) mass is 413 g/mol. The number of carbonyl (C=O) groups is 1. The predicted molar refractivity (Wildman–Crippen MR) is 99.3 cm³/mol. The number of carbonyl (C=O) groups excluding carboxylic acids is 1. The number of Topliss-reactive ketones (excluding diaryl/α,β-unsaturated/α-hetero) is 1. The van der Waals surface area contributed by atoms with Gasteiger partial charge in [0, 0.05) is 28.8 Å². The van der Waals surface area contributed by atoms with Crippen LogP contribution >= 0.6 is 15.9 Å². The highest BCUT2D eigenvalue weighted by atomic mass is 79.9. The molecule has 1 N–H and O–H groups in total. The number of imidazole rings is 1. The molecule has 0 atom stereocenters. The molecule has 0 fully saturated rings. The van der Waals surface area contributed by atoms with Gasteiger partial charge in [0.2, 0.25) is 12.4 Å². The first-order chi connectivity index (χ1) is 12.5. The Labute approximate surface area is 158 Å². The Kier molecular flexibility index (Phi) is 4.16. The summed E-state index contributed by atoms with van der Waals surface area (Å²) in [5.74, 6) is 1.35. The lowest BCUT2D eigenvalue weighted by Gasteiger charge is -2.03. The normalized spacial score (nSPS) is 12.4. The van der Waals surface area contributed by atoms with Crippen molar-refractivity contribution in [2.75, 3.05) is 6.79 Å². The maximum Gasteiger partial charge on any atom is 0.231 e. The number of benzene rings is 2. The second kappa shape index (κ2) is 6.49. The zero-order valence-electron chi connectivity index (χ0n) is 14.0. The van der Waals surface area contributed by atoms with Gasteiger partial charge in [-0.25, -0.2) is 0 Å². The molecule has 0 aliphatic carbocycles. The second-order valence-corrected chi connectivity index (χ2v) is 6.94. The third kappa shape index (κ3) is 2.94. The van der Waals surface area contributed by atoms with E-state index >= 15 is 0 Å². The summed E-state index contributed by atoms with van der Waals surface area (Å²) in [6, 6.07) is 12.9. The van der Waals surface area contributed by atoms with Crippen LogP contribution in [0.25, 0.3) is 11.3 Å². The van der Waals surface area contributed by atoms with E-state index in [0.29, 0.717) is 17.1 Å². The topological polar surface area (TPSA) is 69.2 Å². The molecule has 0 unspecified atom stereocenters. The quantitative estimate of drug-likeness (QED) is 0.666. The Bertz CT molecular complexity index is 1070. The van der Waals surface area contributed by atoms with E-state index in [-0.39, 0.29) is 24.7 Å². The fourth-order valence-corrected chi connectivity index (χ4v) is 3.35. The summed E-state index contributed by atoms with van der Waals surface area (Å²) >= 11 is 3.38. The van der Waals surface area contributed by atoms with Gasteiger partial charge in [0.1, 0.15) is 0 Å². The lowest BCUT2D eigenvalue weighted by Crippen LogP contribution is -2.25. The number of aromatic nitrogens is 2. The van der Waals surface area contributed by atoms with Crippen molar-refractivity contribution in [1.29, 1.82) is 5.41 Å². The maximum absolute atomic E-state index is 12.6. The number of rotatable bonds is 4. The van der Waals surface area contributed by atoms with Gasteiger partial charge in [-0.05, 0) is 30.3 Å². The summed E-state index contributed by atoms with van der Waals surface area (Å²) in [7, 11) is 1.81. The van der Waals surface area contributed by atoms with Crippen LogP contribution in [-0.4, -0.2) is 21.7 Å². The van der Waals surface area contributed by atoms with Gasteiger partial charge >= 0.3 is 0 Å². The lowest BCUT2D eigenvalue weighted by molar-refractivity contribution is 0.0970. The minimum Gasteiger partial charge on any atom is -0.454 e. The Balaban J connectivity index is 1.66. The van der Waals surface area contributed by atoms with E-state index in [1.807, 2.05) is 43.6 Å². The van der Waals surface area contributed by atoms with Crippen LogP contribution in [0.3, 0.4) is 0 Å². The van der Waals surface area contributed by atoms with Crippen LogP contribution in [-0.2, 0) is 13.6 Å². The smallest absolute Gasteiger partial charge is 0.231 e. The molecule has 1 aliphatic heterocycles. The molecule has 4 rings (SSSR count). The van der Waals surface area contributed by atoms with Gasteiger partial charge in [-0.15, -0.1) is 0 Å². The van der Waals surface area contributed by atoms with E-state index in [9.17, 15) is 4.79 Å². The highest BCUT2D eigenvalue weighted by molar-refractivity contribution is 9.10. The molecule has 0 amide bonds. The predicted octanol–water partition coefficient (Wildman–Crippen LogP) is 3.35. The number of hydrogen-bond acceptors (Lipinski definition) is 4. The molecule has 0 spiro atoms. The van der Waals surface area contributed by atoms with Gasteiger partial charge in [-0.2, -0.15) is 0 Å². The molecule has 2 aromatic carbocycles. The van der Waals surface area contributed by atoms with Gasteiger partial charge in [-0.3, -0.25) is 10.2 Å². The number of fused-ring (bicyclic) bond motifs is 1.